The molecule has 10 nitrogen and oxygen atoms in total. The Labute approximate surface area is 210 Å². The Morgan fingerprint density at radius 2 is 1.69 bits per heavy atom. The lowest BCUT2D eigenvalue weighted by atomic mass is 10.1. The van der Waals surface area contributed by atoms with Gasteiger partial charge >= 0.3 is 16.9 Å². The lowest BCUT2D eigenvalue weighted by Gasteiger charge is -2.57. The highest BCUT2D eigenvalue weighted by Gasteiger charge is 2.56. The second-order valence-electron chi connectivity index (χ2n) is 7.91. The summed E-state index contributed by atoms with van der Waals surface area (Å²) in [5, 5.41) is 34.0. The van der Waals surface area contributed by atoms with Crippen LogP contribution in [0.5, 0.6) is 0 Å². The number of thiophene rings is 1. The molecule has 1 amide bonds. The maximum Gasteiger partial charge on any atom is 0.339 e. The molecule has 2 aromatic rings. The lowest BCUT2D eigenvalue weighted by Crippen LogP contribution is -2.34. The van der Waals surface area contributed by atoms with Crippen molar-refractivity contribution in [3.8, 4) is 0 Å². The summed E-state index contributed by atoms with van der Waals surface area (Å²) in [6.07, 6.45) is 2.75. The minimum absolute atomic E-state index is 0.0753. The van der Waals surface area contributed by atoms with Gasteiger partial charge in [-0.3, -0.25) is 19.3 Å². The topological polar surface area (TPSA) is 159 Å². The van der Waals surface area contributed by atoms with Gasteiger partial charge in [-0.1, -0.05) is 55.5 Å². The number of carbonyl (C=O) groups excluding carboxylic acids is 1. The molecule has 12 heteroatoms. The Bertz CT molecular complexity index is 1370. The first kappa shape index (κ1) is 26.6. The van der Waals surface area contributed by atoms with Crippen LogP contribution in [0.1, 0.15) is 24.3 Å². The average molecular weight is 532 g/mol. The first-order chi connectivity index (χ1) is 17.0. The largest absolute Gasteiger partial charge is 0.478 e. The molecule has 0 bridgehead atoms. The number of thiol groups is 1. The smallest absolute Gasteiger partial charge is 0.339 e. The van der Waals surface area contributed by atoms with Gasteiger partial charge in [0, 0.05) is 21.9 Å². The molecule has 3 rings (SSSR count). The molecule has 36 heavy (non-hydrogen) atoms. The van der Waals surface area contributed by atoms with Crippen LogP contribution in [0.2, 0.25) is 0 Å². The van der Waals surface area contributed by atoms with E-state index < -0.39 is 43.3 Å². The van der Waals surface area contributed by atoms with E-state index >= 15 is 0 Å². The molecule has 0 saturated heterocycles. The van der Waals surface area contributed by atoms with E-state index in [0.29, 0.717) is 0 Å². The Morgan fingerprint density at radius 1 is 1.08 bits per heavy atom. The third kappa shape index (κ3) is 4.14. The van der Waals surface area contributed by atoms with Crippen molar-refractivity contribution in [2.45, 2.75) is 13.8 Å². The standard InChI is InChI=1S/C24H25N3O7S2/c1-4-36(5-2,25-3)21(16-12-14-18(35-16)27(33)34)19(23(29)30)20(24(31)32)22(36)26-17(28)13-11-15-9-7-6-8-10-15/h6-14,36H,3-5H2,1-2H3,(H,26,28)(H,29,30)(H,31,32). The van der Waals surface area contributed by atoms with Gasteiger partial charge in [0.2, 0.25) is 5.91 Å². The summed E-state index contributed by atoms with van der Waals surface area (Å²) in [4.78, 5) is 49.0. The zero-order chi connectivity index (χ0) is 26.7. The molecule has 0 atom stereocenters. The van der Waals surface area contributed by atoms with Crippen molar-refractivity contribution >= 4 is 61.2 Å². The van der Waals surface area contributed by atoms with Gasteiger partial charge in [-0.2, -0.15) is 9.35 Å². The molecule has 1 aromatic carbocycles. The molecule has 1 aliphatic heterocycles. The first-order valence-electron chi connectivity index (χ1n) is 10.8. The Morgan fingerprint density at radius 3 is 2.17 bits per heavy atom. The highest BCUT2D eigenvalue weighted by Crippen LogP contribution is 2.87. The summed E-state index contributed by atoms with van der Waals surface area (Å²) in [6.45, 7) is 7.17. The molecule has 1 aliphatic rings. The molecule has 0 spiro atoms. The molecule has 3 N–H and O–H groups in total. The molecule has 0 radical (unpaired) electrons. The average Bonchev–Trinajstić information content (AvgIpc) is 3.44. The number of hydrogen-bond acceptors (Lipinski definition) is 7. The number of rotatable bonds is 10. The number of nitrogens with zero attached hydrogens (tertiary/aromatic N) is 2. The van der Waals surface area contributed by atoms with Crippen molar-refractivity contribution in [3.63, 3.8) is 0 Å². The van der Waals surface area contributed by atoms with Crippen LogP contribution in [-0.4, -0.2) is 51.2 Å². The van der Waals surface area contributed by atoms with Crippen LogP contribution in [0, 0.1) is 10.1 Å². The van der Waals surface area contributed by atoms with Crippen molar-refractivity contribution < 1.29 is 29.5 Å². The van der Waals surface area contributed by atoms with Gasteiger partial charge in [0.1, 0.15) is 5.57 Å². The van der Waals surface area contributed by atoms with E-state index in [0.717, 1.165) is 16.9 Å². The predicted octanol–water partition coefficient (Wildman–Crippen LogP) is 4.32. The fourth-order valence-electron chi connectivity index (χ4n) is 4.52. The van der Waals surface area contributed by atoms with Gasteiger partial charge in [-0.25, -0.2) is 9.59 Å². The van der Waals surface area contributed by atoms with Crippen LogP contribution < -0.4 is 5.32 Å². The van der Waals surface area contributed by atoms with Gasteiger partial charge < -0.3 is 15.5 Å². The van der Waals surface area contributed by atoms with Crippen molar-refractivity contribution in [1.82, 2.24) is 5.32 Å². The number of benzene rings is 1. The van der Waals surface area contributed by atoms with Gasteiger partial charge in [-0.05, 0) is 35.9 Å². The summed E-state index contributed by atoms with van der Waals surface area (Å²) in [6, 6.07) is 11.6. The number of amides is 1. The van der Waals surface area contributed by atoms with Gasteiger partial charge in [0.15, 0.2) is 0 Å². The third-order valence-corrected chi connectivity index (χ3v) is 13.9. The Hall–Kier alpha value is -4.03. The Balaban J connectivity index is 2.30. The molecule has 2 heterocycles. The lowest BCUT2D eigenvalue weighted by molar-refractivity contribution is -0.380. The van der Waals surface area contributed by atoms with E-state index in [1.807, 2.05) is 6.07 Å². The number of hydrogen-bond donors (Lipinski definition) is 4. The van der Waals surface area contributed by atoms with Crippen LogP contribution in [0.3, 0.4) is 0 Å². The summed E-state index contributed by atoms with van der Waals surface area (Å²) in [7, 11) is -4.13. The van der Waals surface area contributed by atoms with E-state index in [9.17, 15) is 34.7 Å². The molecule has 190 valence electrons. The Kier molecular flexibility index (Phi) is 7.32. The fraction of sp³-hybridized carbons (Fsp3) is 0.167. The quantitative estimate of drug-likeness (QED) is 0.117. The van der Waals surface area contributed by atoms with Crippen molar-refractivity contribution in [2.24, 2.45) is 4.40 Å². The van der Waals surface area contributed by atoms with E-state index in [4.69, 9.17) is 0 Å². The zero-order valence-corrected chi connectivity index (χ0v) is 21.2. The zero-order valence-electron chi connectivity index (χ0n) is 19.5. The molecular formula is C24H25N3O7S2. The van der Waals surface area contributed by atoms with E-state index in [-0.39, 0.29) is 31.3 Å². The first-order valence-corrected chi connectivity index (χ1v) is 14.2. The highest BCUT2D eigenvalue weighted by molar-refractivity contribution is 8.58. The summed E-state index contributed by atoms with van der Waals surface area (Å²) >= 11 is 0.727. The summed E-state index contributed by atoms with van der Waals surface area (Å²) < 4.78 is 4.45. The van der Waals surface area contributed by atoms with Crippen LogP contribution >= 0.6 is 20.7 Å². The van der Waals surface area contributed by atoms with Crippen molar-refractivity contribution in [3.05, 3.63) is 85.3 Å². The number of carboxylic acids is 2. The normalized spacial score (nSPS) is 17.4. The second-order valence-corrected chi connectivity index (χ2v) is 14.3. The van der Waals surface area contributed by atoms with Crippen LogP contribution in [0.4, 0.5) is 5.00 Å². The van der Waals surface area contributed by atoms with Gasteiger partial charge in [0.05, 0.1) is 15.5 Å². The van der Waals surface area contributed by atoms with E-state index in [2.05, 4.69) is 16.4 Å². The maximum atomic E-state index is 13.0. The van der Waals surface area contributed by atoms with E-state index in [1.165, 1.54) is 24.3 Å². The number of carbonyl (C=O) groups is 3. The van der Waals surface area contributed by atoms with Crippen molar-refractivity contribution in [1.29, 1.82) is 0 Å². The van der Waals surface area contributed by atoms with Gasteiger partial charge in [-0.15, -0.1) is 0 Å². The third-order valence-electron chi connectivity index (χ3n) is 6.38. The monoisotopic (exact) mass is 531 g/mol. The number of nitro groups is 1. The highest BCUT2D eigenvalue weighted by atomic mass is 32.3. The number of nitrogens with one attached hydrogen (secondary N) is 1. The van der Waals surface area contributed by atoms with Gasteiger partial charge in [0.25, 0.3) is 0 Å². The van der Waals surface area contributed by atoms with Crippen LogP contribution in [0.15, 0.2) is 69.1 Å². The maximum absolute atomic E-state index is 13.0. The van der Waals surface area contributed by atoms with Crippen LogP contribution in [-0.2, 0) is 14.4 Å². The van der Waals surface area contributed by atoms with E-state index in [1.54, 1.807) is 38.1 Å². The van der Waals surface area contributed by atoms with Crippen LogP contribution in [0.25, 0.3) is 11.0 Å². The fourth-order valence-corrected chi connectivity index (χ4v) is 11.1. The summed E-state index contributed by atoms with van der Waals surface area (Å²) in [5.41, 5.74) is -0.410. The molecule has 0 aliphatic carbocycles. The molecule has 0 saturated carbocycles. The number of aliphatic carboxylic acids is 2. The predicted molar refractivity (Wildman–Crippen MR) is 143 cm³/mol. The SMILES string of the molecule is C=N[SH]1(CC)(CC)C(NC(=O)C=Cc2ccccc2)=C(C(=O)O)C(C(=O)O)=C1c1ccc([N+](=O)[O-])s1. The minimum Gasteiger partial charge on any atom is -0.478 e. The minimum atomic E-state index is -4.13. The second kappa shape index (κ2) is 9.91. The number of carboxylic acid groups (broad SMARTS) is 2. The summed E-state index contributed by atoms with van der Waals surface area (Å²) in [5.74, 6) is -3.47. The van der Waals surface area contributed by atoms with Crippen molar-refractivity contribution in [2.75, 3.05) is 11.5 Å². The molecule has 0 unspecified atom stereocenters. The molecule has 1 aromatic heterocycles. The molecule has 0 fully saturated rings. The molecular weight excluding hydrogens is 506 g/mol.